The van der Waals surface area contributed by atoms with Crippen molar-refractivity contribution in [2.45, 2.75) is 38.6 Å². The van der Waals surface area contributed by atoms with Gasteiger partial charge in [0.25, 0.3) is 5.69 Å². The molecule has 0 atom stereocenters. The van der Waals surface area contributed by atoms with Crippen molar-refractivity contribution >= 4 is 11.6 Å². The van der Waals surface area contributed by atoms with Gasteiger partial charge in [-0.25, -0.2) is 4.99 Å². The Morgan fingerprint density at radius 1 is 1.32 bits per heavy atom. The number of nitrogens with zero attached hydrogens (tertiary/aromatic N) is 2. The standard InChI is InChI=1S/C14H18N2O3/c1-13(2)9-19-12(15-13)14(3,4)10-5-7-11(8-6-10)16(17)18/h5-8H,9H2,1-4H3. The molecular formula is C14H18N2O3. The smallest absolute Gasteiger partial charge is 0.269 e. The first-order chi connectivity index (χ1) is 8.72. The molecule has 2 rings (SSSR count). The van der Waals surface area contributed by atoms with Gasteiger partial charge < -0.3 is 4.74 Å². The fourth-order valence-corrected chi connectivity index (χ4v) is 2.03. The maximum absolute atomic E-state index is 10.7. The van der Waals surface area contributed by atoms with Crippen LogP contribution in [0.4, 0.5) is 5.69 Å². The van der Waals surface area contributed by atoms with Gasteiger partial charge in [0.1, 0.15) is 6.61 Å². The highest BCUT2D eigenvalue weighted by molar-refractivity contribution is 5.89. The topological polar surface area (TPSA) is 64.7 Å². The average Bonchev–Trinajstić information content (AvgIpc) is 2.70. The van der Waals surface area contributed by atoms with Crippen LogP contribution < -0.4 is 0 Å². The van der Waals surface area contributed by atoms with E-state index in [0.29, 0.717) is 12.5 Å². The predicted molar refractivity (Wildman–Crippen MR) is 73.6 cm³/mol. The number of hydrogen-bond donors (Lipinski definition) is 0. The van der Waals surface area contributed by atoms with Gasteiger partial charge in [-0.15, -0.1) is 0 Å². The number of hydrogen-bond acceptors (Lipinski definition) is 4. The van der Waals surface area contributed by atoms with Crippen LogP contribution in [0.25, 0.3) is 0 Å². The Kier molecular flexibility index (Phi) is 3.08. The summed E-state index contributed by atoms with van der Waals surface area (Å²) in [4.78, 5) is 14.8. The van der Waals surface area contributed by atoms with Crippen molar-refractivity contribution in [3.63, 3.8) is 0 Å². The molecule has 0 spiro atoms. The molecule has 102 valence electrons. The lowest BCUT2D eigenvalue weighted by atomic mass is 9.84. The second-order valence-corrected chi connectivity index (χ2v) is 5.95. The number of rotatable bonds is 3. The molecule has 1 aromatic carbocycles. The van der Waals surface area contributed by atoms with Crippen LogP contribution in [0.5, 0.6) is 0 Å². The number of aliphatic imine (C=N–C) groups is 1. The Morgan fingerprint density at radius 3 is 2.32 bits per heavy atom. The van der Waals surface area contributed by atoms with Crippen LogP contribution >= 0.6 is 0 Å². The summed E-state index contributed by atoms with van der Waals surface area (Å²) in [6.07, 6.45) is 0. The summed E-state index contributed by atoms with van der Waals surface area (Å²) >= 11 is 0. The minimum Gasteiger partial charge on any atom is -0.478 e. The molecule has 5 nitrogen and oxygen atoms in total. The third-order valence-corrected chi connectivity index (χ3v) is 3.30. The van der Waals surface area contributed by atoms with E-state index in [9.17, 15) is 10.1 Å². The summed E-state index contributed by atoms with van der Waals surface area (Å²) in [5.74, 6) is 0.686. The fourth-order valence-electron chi connectivity index (χ4n) is 2.03. The van der Waals surface area contributed by atoms with Crippen LogP contribution in [0, 0.1) is 10.1 Å². The molecule has 0 saturated carbocycles. The van der Waals surface area contributed by atoms with Crippen molar-refractivity contribution in [2.24, 2.45) is 4.99 Å². The zero-order valence-electron chi connectivity index (χ0n) is 11.6. The lowest BCUT2D eigenvalue weighted by Crippen LogP contribution is -2.29. The van der Waals surface area contributed by atoms with Gasteiger partial charge in [0.05, 0.1) is 15.9 Å². The zero-order chi connectivity index (χ0) is 14.3. The number of benzene rings is 1. The van der Waals surface area contributed by atoms with E-state index in [1.165, 1.54) is 12.1 Å². The molecule has 0 unspecified atom stereocenters. The molecule has 0 saturated heterocycles. The largest absolute Gasteiger partial charge is 0.478 e. The van der Waals surface area contributed by atoms with E-state index in [0.717, 1.165) is 5.56 Å². The third-order valence-electron chi connectivity index (χ3n) is 3.30. The van der Waals surface area contributed by atoms with Gasteiger partial charge in [-0.05, 0) is 33.3 Å². The minimum atomic E-state index is -0.399. The maximum Gasteiger partial charge on any atom is 0.269 e. The van der Waals surface area contributed by atoms with Gasteiger partial charge in [-0.2, -0.15) is 0 Å². The molecule has 0 N–H and O–H groups in total. The van der Waals surface area contributed by atoms with E-state index < -0.39 is 4.92 Å². The third kappa shape index (κ3) is 2.59. The van der Waals surface area contributed by atoms with Gasteiger partial charge in [-0.3, -0.25) is 10.1 Å². The SMILES string of the molecule is CC1(C)COC(C(C)(C)c2ccc([N+](=O)[O-])cc2)=N1. The lowest BCUT2D eigenvalue weighted by molar-refractivity contribution is -0.384. The van der Waals surface area contributed by atoms with Gasteiger partial charge in [0, 0.05) is 12.1 Å². The summed E-state index contributed by atoms with van der Waals surface area (Å²) in [5, 5.41) is 10.7. The van der Waals surface area contributed by atoms with Gasteiger partial charge >= 0.3 is 0 Å². The summed E-state index contributed by atoms with van der Waals surface area (Å²) in [6.45, 7) is 8.62. The van der Waals surface area contributed by atoms with Crippen LogP contribution in [0.2, 0.25) is 0 Å². The Hall–Kier alpha value is -1.91. The molecule has 1 aromatic rings. The maximum atomic E-state index is 10.7. The number of ether oxygens (including phenoxy) is 1. The average molecular weight is 262 g/mol. The molecule has 0 amide bonds. The minimum absolute atomic E-state index is 0.0918. The van der Waals surface area contributed by atoms with E-state index in [-0.39, 0.29) is 16.6 Å². The molecular weight excluding hydrogens is 244 g/mol. The number of nitro groups is 1. The first-order valence-corrected chi connectivity index (χ1v) is 6.20. The molecule has 0 bridgehead atoms. The molecule has 0 fully saturated rings. The normalized spacial score (nSPS) is 17.8. The van der Waals surface area contributed by atoms with Crippen LogP contribution in [-0.4, -0.2) is 23.0 Å². The molecule has 0 radical (unpaired) electrons. The first kappa shape index (κ1) is 13.5. The number of non-ortho nitro benzene ring substituents is 1. The Bertz CT molecular complexity index is 530. The Balaban J connectivity index is 2.32. The van der Waals surface area contributed by atoms with Crippen molar-refractivity contribution in [1.29, 1.82) is 0 Å². The molecule has 5 heteroatoms. The zero-order valence-corrected chi connectivity index (χ0v) is 11.6. The molecule has 1 aliphatic heterocycles. The molecule has 0 aromatic heterocycles. The van der Waals surface area contributed by atoms with E-state index in [1.54, 1.807) is 12.1 Å². The van der Waals surface area contributed by atoms with E-state index in [4.69, 9.17) is 4.74 Å². The van der Waals surface area contributed by atoms with Crippen molar-refractivity contribution in [3.05, 3.63) is 39.9 Å². The highest BCUT2D eigenvalue weighted by atomic mass is 16.6. The van der Waals surface area contributed by atoms with Crippen molar-refractivity contribution < 1.29 is 9.66 Å². The Morgan fingerprint density at radius 2 is 1.89 bits per heavy atom. The lowest BCUT2D eigenvalue weighted by Gasteiger charge is -2.24. The van der Waals surface area contributed by atoms with Crippen LogP contribution in [0.15, 0.2) is 29.3 Å². The summed E-state index contributed by atoms with van der Waals surface area (Å²) < 4.78 is 5.68. The summed E-state index contributed by atoms with van der Waals surface area (Å²) in [5.41, 5.74) is 0.458. The van der Waals surface area contributed by atoms with Crippen molar-refractivity contribution in [3.8, 4) is 0 Å². The molecule has 1 heterocycles. The number of nitro benzene ring substituents is 1. The van der Waals surface area contributed by atoms with Gasteiger partial charge in [-0.1, -0.05) is 12.1 Å². The Labute approximate surface area is 112 Å². The summed E-state index contributed by atoms with van der Waals surface area (Å²) in [6, 6.07) is 6.54. The van der Waals surface area contributed by atoms with Crippen LogP contribution in [-0.2, 0) is 10.2 Å². The van der Waals surface area contributed by atoms with E-state index >= 15 is 0 Å². The second-order valence-electron chi connectivity index (χ2n) is 5.95. The fraction of sp³-hybridized carbons (Fsp3) is 0.500. The van der Waals surface area contributed by atoms with Crippen molar-refractivity contribution in [2.75, 3.05) is 6.61 Å². The van der Waals surface area contributed by atoms with Gasteiger partial charge in [0.2, 0.25) is 0 Å². The van der Waals surface area contributed by atoms with Crippen molar-refractivity contribution in [1.82, 2.24) is 0 Å². The first-order valence-electron chi connectivity index (χ1n) is 6.20. The molecule has 0 aliphatic carbocycles. The molecule has 1 aliphatic rings. The quantitative estimate of drug-likeness (QED) is 0.621. The predicted octanol–water partition coefficient (Wildman–Crippen LogP) is 3.08. The highest BCUT2D eigenvalue weighted by Gasteiger charge is 2.37. The van der Waals surface area contributed by atoms with E-state index in [2.05, 4.69) is 4.99 Å². The molecule has 19 heavy (non-hydrogen) atoms. The van der Waals surface area contributed by atoms with Gasteiger partial charge in [0.15, 0.2) is 5.90 Å². The monoisotopic (exact) mass is 262 g/mol. The van der Waals surface area contributed by atoms with Crippen LogP contribution in [0.3, 0.4) is 0 Å². The highest BCUT2D eigenvalue weighted by Crippen LogP contribution is 2.32. The summed E-state index contributed by atoms with van der Waals surface area (Å²) in [7, 11) is 0. The van der Waals surface area contributed by atoms with E-state index in [1.807, 2.05) is 27.7 Å². The second kappa shape index (κ2) is 4.33. The van der Waals surface area contributed by atoms with Crippen LogP contribution in [0.1, 0.15) is 33.3 Å².